The van der Waals surface area contributed by atoms with Crippen molar-refractivity contribution in [2.24, 2.45) is 0 Å². The number of likely N-dealkylation sites (N-methyl/N-ethyl adjacent to an activating group) is 1. The van der Waals surface area contributed by atoms with Crippen molar-refractivity contribution in [1.29, 1.82) is 0 Å². The largest absolute Gasteiger partial charge is 0.383 e. The lowest BCUT2D eigenvalue weighted by Gasteiger charge is -2.18. The Bertz CT molecular complexity index is 674. The van der Waals surface area contributed by atoms with Gasteiger partial charge >= 0.3 is 0 Å². The molecule has 2 aromatic carbocycles. The Morgan fingerprint density at radius 1 is 1.08 bits per heavy atom. The summed E-state index contributed by atoms with van der Waals surface area (Å²) in [6.07, 6.45) is 0. The van der Waals surface area contributed by atoms with Crippen molar-refractivity contribution in [1.82, 2.24) is 5.32 Å². The first kappa shape index (κ1) is 17.3. The van der Waals surface area contributed by atoms with Crippen molar-refractivity contribution in [2.45, 2.75) is 0 Å². The molecule has 0 aromatic heterocycles. The van der Waals surface area contributed by atoms with E-state index in [1.54, 1.807) is 12.1 Å². The van der Waals surface area contributed by atoms with Crippen molar-refractivity contribution in [3.8, 4) is 0 Å². The lowest BCUT2D eigenvalue weighted by molar-refractivity contribution is -0.384. The van der Waals surface area contributed by atoms with E-state index >= 15 is 0 Å². The smallest absolute Gasteiger partial charge is 0.269 e. The minimum absolute atomic E-state index is 0.0535. The number of anilines is 2. The van der Waals surface area contributed by atoms with Crippen LogP contribution in [0, 0.1) is 10.1 Å². The van der Waals surface area contributed by atoms with Gasteiger partial charge in [-0.05, 0) is 24.3 Å². The molecule has 0 unspecified atom stereocenters. The van der Waals surface area contributed by atoms with Crippen LogP contribution in [0.3, 0.4) is 0 Å². The average Bonchev–Trinajstić information content (AvgIpc) is 2.60. The van der Waals surface area contributed by atoms with E-state index in [9.17, 15) is 14.9 Å². The van der Waals surface area contributed by atoms with E-state index in [-0.39, 0.29) is 18.1 Å². The van der Waals surface area contributed by atoms with E-state index < -0.39 is 4.92 Å². The minimum atomic E-state index is -0.437. The second kappa shape index (κ2) is 8.52. The van der Waals surface area contributed by atoms with Crippen LogP contribution in [0.2, 0.25) is 0 Å². The molecule has 0 aliphatic heterocycles. The number of nitrogens with one attached hydrogen (secondary N) is 2. The molecule has 0 atom stereocenters. The molecule has 24 heavy (non-hydrogen) atoms. The van der Waals surface area contributed by atoms with E-state index in [4.69, 9.17) is 0 Å². The van der Waals surface area contributed by atoms with E-state index in [1.807, 2.05) is 42.3 Å². The third-order valence-corrected chi connectivity index (χ3v) is 3.43. The Morgan fingerprint density at radius 3 is 2.38 bits per heavy atom. The van der Waals surface area contributed by atoms with Gasteiger partial charge in [0.25, 0.3) is 5.69 Å². The molecule has 7 heteroatoms. The fourth-order valence-electron chi connectivity index (χ4n) is 2.15. The molecule has 0 radical (unpaired) electrons. The van der Waals surface area contributed by atoms with Crippen molar-refractivity contribution < 1.29 is 9.72 Å². The van der Waals surface area contributed by atoms with E-state index in [2.05, 4.69) is 10.6 Å². The second-order valence-corrected chi connectivity index (χ2v) is 5.27. The third-order valence-electron chi connectivity index (χ3n) is 3.43. The highest BCUT2D eigenvalue weighted by atomic mass is 16.6. The Kier molecular flexibility index (Phi) is 6.13. The first-order chi connectivity index (χ1) is 11.6. The van der Waals surface area contributed by atoms with Crippen LogP contribution in [-0.4, -0.2) is 37.5 Å². The Hall–Kier alpha value is -3.09. The van der Waals surface area contributed by atoms with Crippen LogP contribution in [0.25, 0.3) is 0 Å². The van der Waals surface area contributed by atoms with Gasteiger partial charge in [-0.25, -0.2) is 0 Å². The van der Waals surface area contributed by atoms with Crippen LogP contribution in [0.5, 0.6) is 0 Å². The SMILES string of the molecule is CN(CC(=O)NCCNc1ccc([N+](=O)[O-])cc1)c1ccccc1. The number of carbonyl (C=O) groups excluding carboxylic acids is 1. The lowest BCUT2D eigenvalue weighted by atomic mass is 10.3. The standard InChI is InChI=1S/C17H20N4O3/c1-20(15-5-3-2-4-6-15)13-17(22)19-12-11-18-14-7-9-16(10-8-14)21(23)24/h2-10,18H,11-13H2,1H3,(H,19,22). The van der Waals surface area contributed by atoms with Crippen LogP contribution in [0.1, 0.15) is 0 Å². The number of nitrogens with zero attached hydrogens (tertiary/aromatic N) is 2. The van der Waals surface area contributed by atoms with Crippen LogP contribution in [-0.2, 0) is 4.79 Å². The number of non-ortho nitro benzene ring substituents is 1. The number of hydrogen-bond acceptors (Lipinski definition) is 5. The van der Waals surface area contributed by atoms with Gasteiger partial charge in [0.05, 0.1) is 11.5 Å². The normalized spacial score (nSPS) is 10.0. The summed E-state index contributed by atoms with van der Waals surface area (Å²) in [7, 11) is 1.87. The molecule has 0 aliphatic carbocycles. The fourth-order valence-corrected chi connectivity index (χ4v) is 2.15. The van der Waals surface area contributed by atoms with Crippen molar-refractivity contribution in [2.75, 3.05) is 36.9 Å². The van der Waals surface area contributed by atoms with Gasteiger partial charge in [-0.1, -0.05) is 18.2 Å². The maximum atomic E-state index is 11.9. The molecule has 7 nitrogen and oxygen atoms in total. The fraction of sp³-hybridized carbons (Fsp3) is 0.235. The first-order valence-corrected chi connectivity index (χ1v) is 7.57. The number of benzene rings is 2. The predicted octanol–water partition coefficient (Wildman–Crippen LogP) is 2.26. The number of carbonyl (C=O) groups is 1. The van der Waals surface area contributed by atoms with Crippen molar-refractivity contribution in [3.63, 3.8) is 0 Å². The molecule has 0 fully saturated rings. The van der Waals surface area contributed by atoms with Gasteiger partial charge in [-0.2, -0.15) is 0 Å². The quantitative estimate of drug-likeness (QED) is 0.441. The molecule has 0 bridgehead atoms. The monoisotopic (exact) mass is 328 g/mol. The van der Waals surface area contributed by atoms with Gasteiger partial charge in [0.1, 0.15) is 0 Å². The highest BCUT2D eigenvalue weighted by Gasteiger charge is 2.07. The molecule has 2 rings (SSSR count). The zero-order valence-corrected chi connectivity index (χ0v) is 13.4. The van der Waals surface area contributed by atoms with Crippen molar-refractivity contribution in [3.05, 3.63) is 64.7 Å². The maximum absolute atomic E-state index is 11.9. The molecule has 1 amide bonds. The number of rotatable bonds is 8. The Morgan fingerprint density at radius 2 is 1.75 bits per heavy atom. The van der Waals surface area contributed by atoms with Crippen LogP contribution in [0.4, 0.5) is 17.1 Å². The Labute approximate surface area is 140 Å². The Balaban J connectivity index is 1.68. The summed E-state index contributed by atoms with van der Waals surface area (Å²) in [5.41, 5.74) is 1.81. The van der Waals surface area contributed by atoms with E-state index in [1.165, 1.54) is 12.1 Å². The molecular formula is C17H20N4O3. The summed E-state index contributed by atoms with van der Waals surface area (Å²) >= 11 is 0. The highest BCUT2D eigenvalue weighted by Crippen LogP contribution is 2.14. The summed E-state index contributed by atoms with van der Waals surface area (Å²) in [6.45, 7) is 1.29. The molecule has 126 valence electrons. The topological polar surface area (TPSA) is 87.5 Å². The average molecular weight is 328 g/mol. The zero-order valence-electron chi connectivity index (χ0n) is 13.4. The zero-order chi connectivity index (χ0) is 17.4. The van der Waals surface area contributed by atoms with E-state index in [0.29, 0.717) is 13.1 Å². The number of nitro groups is 1. The maximum Gasteiger partial charge on any atom is 0.269 e. The van der Waals surface area contributed by atoms with Crippen LogP contribution >= 0.6 is 0 Å². The summed E-state index contributed by atoms with van der Waals surface area (Å²) in [6, 6.07) is 15.8. The molecule has 0 saturated heterocycles. The number of nitro benzene ring substituents is 1. The van der Waals surface area contributed by atoms with Gasteiger partial charge in [0, 0.05) is 43.6 Å². The lowest BCUT2D eigenvalue weighted by Crippen LogP contribution is -2.37. The summed E-state index contributed by atoms with van der Waals surface area (Å²) in [4.78, 5) is 23.9. The van der Waals surface area contributed by atoms with Crippen molar-refractivity contribution >= 4 is 23.0 Å². The van der Waals surface area contributed by atoms with E-state index in [0.717, 1.165) is 11.4 Å². The molecular weight excluding hydrogens is 308 g/mol. The van der Waals surface area contributed by atoms with Crippen LogP contribution < -0.4 is 15.5 Å². The van der Waals surface area contributed by atoms with Gasteiger partial charge in [-0.3, -0.25) is 14.9 Å². The van der Waals surface area contributed by atoms with Crippen LogP contribution in [0.15, 0.2) is 54.6 Å². The molecule has 0 spiro atoms. The third kappa shape index (κ3) is 5.28. The number of para-hydroxylation sites is 1. The molecule has 0 saturated carbocycles. The van der Waals surface area contributed by atoms with Gasteiger partial charge < -0.3 is 15.5 Å². The minimum Gasteiger partial charge on any atom is -0.383 e. The number of amides is 1. The van der Waals surface area contributed by atoms with Gasteiger partial charge in [0.2, 0.25) is 5.91 Å². The predicted molar refractivity (Wildman–Crippen MR) is 94.3 cm³/mol. The molecule has 0 heterocycles. The summed E-state index contributed by atoms with van der Waals surface area (Å²) in [5.74, 6) is -0.0631. The number of hydrogen-bond donors (Lipinski definition) is 2. The second-order valence-electron chi connectivity index (χ2n) is 5.27. The molecule has 2 N–H and O–H groups in total. The summed E-state index contributed by atoms with van der Waals surface area (Å²) < 4.78 is 0. The van der Waals surface area contributed by atoms with Gasteiger partial charge in [-0.15, -0.1) is 0 Å². The first-order valence-electron chi connectivity index (χ1n) is 7.57. The molecule has 0 aliphatic rings. The van der Waals surface area contributed by atoms with Gasteiger partial charge in [0.15, 0.2) is 0 Å². The summed E-state index contributed by atoms with van der Waals surface area (Å²) in [5, 5.41) is 16.5. The molecule has 2 aromatic rings. The highest BCUT2D eigenvalue weighted by molar-refractivity contribution is 5.81.